The quantitative estimate of drug-likeness (QED) is 0.429. The fourth-order valence-corrected chi connectivity index (χ4v) is 7.05. The van der Waals surface area contributed by atoms with Gasteiger partial charge in [-0.05, 0) is 81.8 Å². The molecule has 3 rings (SSSR count). The Bertz CT molecular complexity index is 968. The van der Waals surface area contributed by atoms with E-state index in [0.29, 0.717) is 24.3 Å². The Kier molecular flexibility index (Phi) is 9.05. The van der Waals surface area contributed by atoms with Gasteiger partial charge in [0.2, 0.25) is 10.0 Å². The highest BCUT2D eigenvalue weighted by Gasteiger charge is 2.51. The zero-order chi connectivity index (χ0) is 26.0. The summed E-state index contributed by atoms with van der Waals surface area (Å²) in [5.74, 6) is 0.275. The third-order valence-corrected chi connectivity index (χ3v) is 10.3. The Morgan fingerprint density at radius 2 is 1.97 bits per heavy atom. The first-order chi connectivity index (χ1) is 16.3. The van der Waals surface area contributed by atoms with Crippen molar-refractivity contribution in [2.75, 3.05) is 6.54 Å². The molecule has 3 N–H and O–H groups in total. The molecule has 3 aliphatic carbocycles. The lowest BCUT2D eigenvalue weighted by Gasteiger charge is -2.44. The van der Waals surface area contributed by atoms with Gasteiger partial charge in [0.05, 0.1) is 23.9 Å². The first-order valence-electron chi connectivity index (χ1n) is 13.0. The predicted molar refractivity (Wildman–Crippen MR) is 137 cm³/mol. The third kappa shape index (κ3) is 6.45. The molecule has 3 fully saturated rings. The van der Waals surface area contributed by atoms with Crippen LogP contribution in [-0.4, -0.2) is 54.7 Å². The fraction of sp³-hybridized carbons (Fsp3) is 0.741. The molecule has 8 heteroatoms. The number of carbonyl (C=O) groups is 1. The Labute approximate surface area is 210 Å². The van der Waals surface area contributed by atoms with Crippen molar-refractivity contribution >= 4 is 16.0 Å². The van der Waals surface area contributed by atoms with Crippen molar-refractivity contribution in [3.63, 3.8) is 0 Å². The summed E-state index contributed by atoms with van der Waals surface area (Å²) in [5.41, 5.74) is 3.04. The predicted octanol–water partition coefficient (Wildman–Crippen LogP) is 3.78. The molecule has 7 nitrogen and oxygen atoms in total. The van der Waals surface area contributed by atoms with Crippen LogP contribution in [0.1, 0.15) is 79.1 Å². The summed E-state index contributed by atoms with van der Waals surface area (Å²) in [4.78, 5) is 12.4. The van der Waals surface area contributed by atoms with Crippen LogP contribution in [-0.2, 0) is 19.6 Å². The molecule has 0 aromatic carbocycles. The largest absolute Gasteiger partial charge is 0.462 e. The minimum absolute atomic E-state index is 0.0173. The molecular formula is C27H43NO6S. The van der Waals surface area contributed by atoms with Gasteiger partial charge in [0.15, 0.2) is 0 Å². The van der Waals surface area contributed by atoms with Crippen molar-refractivity contribution in [2.24, 2.45) is 17.3 Å². The van der Waals surface area contributed by atoms with Gasteiger partial charge < -0.3 is 14.9 Å². The highest BCUT2D eigenvalue weighted by atomic mass is 32.2. The number of hydrogen-bond donors (Lipinski definition) is 3. The van der Waals surface area contributed by atoms with E-state index < -0.39 is 27.5 Å². The van der Waals surface area contributed by atoms with Crippen molar-refractivity contribution in [2.45, 2.75) is 103 Å². The molecule has 0 bridgehead atoms. The van der Waals surface area contributed by atoms with Crippen LogP contribution in [0.2, 0.25) is 0 Å². The number of aliphatic hydroxyl groups excluding tert-OH is 2. The lowest BCUT2D eigenvalue weighted by molar-refractivity contribution is -0.153. The van der Waals surface area contributed by atoms with Crippen molar-refractivity contribution in [1.29, 1.82) is 0 Å². The Morgan fingerprint density at radius 1 is 1.26 bits per heavy atom. The van der Waals surface area contributed by atoms with Gasteiger partial charge in [-0.2, -0.15) is 0 Å². The molecule has 0 aliphatic heterocycles. The number of esters is 1. The molecule has 0 saturated heterocycles. The van der Waals surface area contributed by atoms with E-state index in [4.69, 9.17) is 4.74 Å². The second-order valence-corrected chi connectivity index (χ2v) is 13.4. The van der Waals surface area contributed by atoms with E-state index in [0.717, 1.165) is 37.7 Å². The van der Waals surface area contributed by atoms with Gasteiger partial charge in [0.1, 0.15) is 6.10 Å². The molecule has 198 valence electrons. The number of allylic oxidation sites excluding steroid dienone is 3. The van der Waals surface area contributed by atoms with E-state index in [1.807, 2.05) is 13.0 Å². The number of rotatable bonds is 8. The Morgan fingerprint density at radius 3 is 2.66 bits per heavy atom. The van der Waals surface area contributed by atoms with E-state index >= 15 is 0 Å². The van der Waals surface area contributed by atoms with Gasteiger partial charge >= 0.3 is 5.97 Å². The number of fused-ring (bicyclic) bond motifs is 1. The molecule has 0 radical (unpaired) electrons. The van der Waals surface area contributed by atoms with Gasteiger partial charge in [-0.15, -0.1) is 0 Å². The zero-order valence-electron chi connectivity index (χ0n) is 21.6. The van der Waals surface area contributed by atoms with E-state index in [9.17, 15) is 23.4 Å². The molecule has 0 aromatic rings. The summed E-state index contributed by atoms with van der Waals surface area (Å²) in [5, 5.41) is 19.6. The normalized spacial score (nSPS) is 34.9. The van der Waals surface area contributed by atoms with Crippen LogP contribution in [0, 0.1) is 17.3 Å². The highest BCUT2D eigenvalue weighted by molar-refractivity contribution is 7.90. The number of ether oxygens (including phenoxy) is 1. The summed E-state index contributed by atoms with van der Waals surface area (Å²) in [6.45, 7) is 11.5. The van der Waals surface area contributed by atoms with Gasteiger partial charge in [0.25, 0.3) is 0 Å². The summed E-state index contributed by atoms with van der Waals surface area (Å²) in [6.07, 6.45) is 8.82. The molecule has 0 spiro atoms. The maximum absolute atomic E-state index is 12.4. The van der Waals surface area contributed by atoms with E-state index in [1.54, 1.807) is 13.8 Å². The van der Waals surface area contributed by atoms with Gasteiger partial charge in [0, 0.05) is 18.9 Å². The summed E-state index contributed by atoms with van der Waals surface area (Å²) in [6, 6.07) is 0. The SMILES string of the molecule is C=C1/C(=C\C=C2/CCC[C@]3(C)[C@@H]([C@H](C)OC(=O)CCNS(=O)(=O)C(C)C)CC[C@@H]23)C[C@@H](O)C[C@@H]1O. The van der Waals surface area contributed by atoms with Gasteiger partial charge in [-0.1, -0.05) is 31.2 Å². The topological polar surface area (TPSA) is 113 Å². The van der Waals surface area contributed by atoms with Gasteiger partial charge in [-0.3, -0.25) is 4.79 Å². The molecule has 3 aliphatic rings. The Balaban J connectivity index is 1.63. The maximum Gasteiger partial charge on any atom is 0.307 e. The van der Waals surface area contributed by atoms with Crippen molar-refractivity contribution in [3.05, 3.63) is 35.5 Å². The van der Waals surface area contributed by atoms with Crippen LogP contribution >= 0.6 is 0 Å². The summed E-state index contributed by atoms with van der Waals surface area (Å²) >= 11 is 0. The number of nitrogens with one attached hydrogen (secondary N) is 1. The molecular weight excluding hydrogens is 466 g/mol. The van der Waals surface area contributed by atoms with Crippen LogP contribution in [0.5, 0.6) is 0 Å². The zero-order valence-corrected chi connectivity index (χ0v) is 22.4. The molecule has 0 unspecified atom stereocenters. The summed E-state index contributed by atoms with van der Waals surface area (Å²) in [7, 11) is -3.40. The average molecular weight is 510 g/mol. The maximum atomic E-state index is 12.4. The number of aliphatic hydroxyl groups is 2. The molecule has 0 amide bonds. The van der Waals surface area contributed by atoms with Gasteiger partial charge in [-0.25, -0.2) is 13.1 Å². The summed E-state index contributed by atoms with van der Waals surface area (Å²) < 4.78 is 32.0. The molecule has 35 heavy (non-hydrogen) atoms. The third-order valence-electron chi connectivity index (χ3n) is 8.44. The van der Waals surface area contributed by atoms with E-state index in [2.05, 4.69) is 24.3 Å². The van der Waals surface area contributed by atoms with E-state index in [-0.39, 0.29) is 36.4 Å². The first kappa shape index (κ1) is 28.1. The number of sulfonamides is 1. The average Bonchev–Trinajstić information content (AvgIpc) is 3.12. The first-order valence-corrected chi connectivity index (χ1v) is 14.5. The highest BCUT2D eigenvalue weighted by Crippen LogP contribution is 2.58. The second-order valence-electron chi connectivity index (χ2n) is 11.1. The Hall–Kier alpha value is -1.48. The van der Waals surface area contributed by atoms with Crippen molar-refractivity contribution in [1.82, 2.24) is 4.72 Å². The van der Waals surface area contributed by atoms with Crippen molar-refractivity contribution in [3.8, 4) is 0 Å². The van der Waals surface area contributed by atoms with Crippen LogP contribution in [0.4, 0.5) is 0 Å². The second kappa shape index (κ2) is 11.3. The number of carbonyl (C=O) groups excluding carboxylic acids is 1. The number of hydrogen-bond acceptors (Lipinski definition) is 6. The minimum Gasteiger partial charge on any atom is -0.462 e. The van der Waals surface area contributed by atoms with E-state index in [1.165, 1.54) is 5.57 Å². The smallest absolute Gasteiger partial charge is 0.307 e. The monoisotopic (exact) mass is 509 g/mol. The molecule has 6 atom stereocenters. The molecule has 0 heterocycles. The van der Waals surface area contributed by atoms with Crippen LogP contribution in [0.15, 0.2) is 35.5 Å². The van der Waals surface area contributed by atoms with Crippen LogP contribution in [0.25, 0.3) is 0 Å². The standard InChI is InChI=1S/C27H43NO6S/c1-17(2)35(32,33)28-14-12-26(31)34-19(4)23-10-11-24-20(7-6-13-27(23,24)5)8-9-21-15-22(29)16-25(30)18(21)3/h8-9,17,19,22-25,28-30H,3,6-7,10-16H2,1-2,4-5H3/b20-8+,21-9-/t19-,22+,23+,24-,25-,27+/m0/s1. The lowest BCUT2D eigenvalue weighted by Crippen LogP contribution is -2.39. The van der Waals surface area contributed by atoms with Crippen LogP contribution < -0.4 is 4.72 Å². The fourth-order valence-electron chi connectivity index (χ4n) is 6.33. The lowest BCUT2D eigenvalue weighted by atomic mass is 9.62. The molecule has 3 saturated carbocycles. The molecule has 0 aromatic heterocycles. The minimum atomic E-state index is -3.40. The van der Waals surface area contributed by atoms with Crippen LogP contribution in [0.3, 0.4) is 0 Å². The van der Waals surface area contributed by atoms with Crippen molar-refractivity contribution < 1.29 is 28.2 Å².